The second kappa shape index (κ2) is 8.04. The molecule has 0 atom stereocenters. The van der Waals surface area contributed by atoms with Gasteiger partial charge in [0.1, 0.15) is 5.82 Å². The van der Waals surface area contributed by atoms with Crippen molar-refractivity contribution in [1.29, 1.82) is 0 Å². The van der Waals surface area contributed by atoms with E-state index in [1.807, 2.05) is 23.1 Å². The highest BCUT2D eigenvalue weighted by Gasteiger charge is 2.34. The van der Waals surface area contributed by atoms with Crippen LogP contribution in [0.1, 0.15) is 11.1 Å². The molecule has 2 heterocycles. The molecule has 0 aliphatic carbocycles. The van der Waals surface area contributed by atoms with Crippen molar-refractivity contribution < 1.29 is 23.1 Å². The summed E-state index contributed by atoms with van der Waals surface area (Å²) in [5.74, 6) is -0.743. The second-order valence-corrected chi connectivity index (χ2v) is 8.29. The van der Waals surface area contributed by atoms with E-state index in [1.54, 1.807) is 36.4 Å². The number of alkyl halides is 3. The van der Waals surface area contributed by atoms with Crippen LogP contribution in [-0.2, 0) is 17.5 Å². The van der Waals surface area contributed by atoms with E-state index < -0.39 is 17.7 Å². The van der Waals surface area contributed by atoms with E-state index in [9.17, 15) is 18.0 Å². The number of hydrogen-bond acceptors (Lipinski definition) is 3. The van der Waals surface area contributed by atoms with Gasteiger partial charge in [-0.2, -0.15) is 13.2 Å². The van der Waals surface area contributed by atoms with Gasteiger partial charge in [0.15, 0.2) is 0 Å². The first-order valence-electron chi connectivity index (χ1n) is 10.5. The maximum absolute atomic E-state index is 13.9. The van der Waals surface area contributed by atoms with Crippen LogP contribution in [0, 0.1) is 5.92 Å². The number of nitrogens with one attached hydrogen (secondary N) is 1. The fourth-order valence-electron chi connectivity index (χ4n) is 4.20. The number of halogens is 3. The number of benzene rings is 3. The van der Waals surface area contributed by atoms with E-state index in [2.05, 4.69) is 9.97 Å². The number of aliphatic carboxylic acids is 1. The normalized spacial score (nSPS) is 15.0. The van der Waals surface area contributed by atoms with E-state index in [1.165, 1.54) is 6.07 Å². The molecule has 0 radical (unpaired) electrons. The van der Waals surface area contributed by atoms with Gasteiger partial charge < -0.3 is 10.1 Å². The summed E-state index contributed by atoms with van der Waals surface area (Å²) in [5, 5.41) is 9.01. The molecule has 168 valence electrons. The summed E-state index contributed by atoms with van der Waals surface area (Å²) in [6, 6.07) is 18.4. The number of nitrogens with zero attached hydrogens (tertiary/aromatic N) is 2. The average molecular weight is 451 g/mol. The van der Waals surface area contributed by atoms with Crippen molar-refractivity contribution in [3.8, 4) is 22.5 Å². The lowest BCUT2D eigenvalue weighted by Gasteiger charge is -2.36. The van der Waals surface area contributed by atoms with Crippen LogP contribution < -0.4 is 0 Å². The number of aromatic amines is 1. The van der Waals surface area contributed by atoms with E-state index in [0.717, 1.165) is 17.1 Å². The monoisotopic (exact) mass is 451 g/mol. The largest absolute Gasteiger partial charge is 0.481 e. The maximum atomic E-state index is 13.9. The SMILES string of the molecule is O=C(O)C1CN(Cc2ccc3nc(-c4ccc(-c5ccccc5)c(C(F)(F)F)c4)[nH]c3c2)C1. The van der Waals surface area contributed by atoms with Crippen LogP contribution in [0.4, 0.5) is 13.2 Å². The first-order valence-corrected chi connectivity index (χ1v) is 10.5. The molecule has 8 heteroatoms. The number of imidazole rings is 1. The summed E-state index contributed by atoms with van der Waals surface area (Å²) >= 11 is 0. The molecule has 1 aromatic heterocycles. The molecule has 1 aliphatic rings. The minimum absolute atomic E-state index is 0.125. The summed E-state index contributed by atoms with van der Waals surface area (Å²) in [7, 11) is 0. The van der Waals surface area contributed by atoms with Gasteiger partial charge in [-0.25, -0.2) is 4.98 Å². The van der Waals surface area contributed by atoms with E-state index in [-0.39, 0.29) is 11.5 Å². The maximum Gasteiger partial charge on any atom is 0.417 e. The third-order valence-electron chi connectivity index (χ3n) is 5.94. The standard InChI is InChI=1S/C25H20F3N3O2/c26-25(27,28)20-11-17(7-8-19(20)16-4-2-1-3-5-16)23-29-21-9-6-15(10-22(21)30-23)12-31-13-18(14-31)24(32)33/h1-11,18H,12-14H2,(H,29,30)(H,32,33). The van der Waals surface area contributed by atoms with Crippen molar-refractivity contribution in [2.24, 2.45) is 5.92 Å². The first kappa shape index (κ1) is 21.2. The van der Waals surface area contributed by atoms with Gasteiger partial charge in [-0.3, -0.25) is 9.69 Å². The van der Waals surface area contributed by atoms with Gasteiger partial charge in [-0.15, -0.1) is 0 Å². The number of likely N-dealkylation sites (tertiary alicyclic amines) is 1. The molecule has 0 spiro atoms. The Morgan fingerprint density at radius 3 is 2.48 bits per heavy atom. The Bertz CT molecular complexity index is 1330. The zero-order chi connectivity index (χ0) is 23.2. The quantitative estimate of drug-likeness (QED) is 0.425. The van der Waals surface area contributed by atoms with E-state index in [4.69, 9.17) is 5.11 Å². The summed E-state index contributed by atoms with van der Waals surface area (Å²) in [6.45, 7) is 1.63. The van der Waals surface area contributed by atoms with Gasteiger partial charge in [0.2, 0.25) is 0 Å². The molecule has 1 saturated heterocycles. The molecule has 5 nitrogen and oxygen atoms in total. The summed E-state index contributed by atoms with van der Waals surface area (Å²) in [4.78, 5) is 20.6. The molecule has 0 amide bonds. The Kier molecular flexibility index (Phi) is 5.17. The number of carboxylic acids is 1. The minimum atomic E-state index is -4.51. The van der Waals surface area contributed by atoms with Crippen LogP contribution in [0.15, 0.2) is 66.7 Å². The number of hydrogen-bond donors (Lipinski definition) is 2. The molecule has 1 aliphatic heterocycles. The Morgan fingerprint density at radius 2 is 1.79 bits per heavy atom. The van der Waals surface area contributed by atoms with Gasteiger partial charge in [-0.1, -0.05) is 48.5 Å². The van der Waals surface area contributed by atoms with E-state index in [0.29, 0.717) is 42.1 Å². The summed E-state index contributed by atoms with van der Waals surface area (Å²) in [6.07, 6.45) is -4.51. The fraction of sp³-hybridized carbons (Fsp3) is 0.200. The lowest BCUT2D eigenvalue weighted by Crippen LogP contribution is -2.49. The van der Waals surface area contributed by atoms with Crippen molar-refractivity contribution in [3.63, 3.8) is 0 Å². The molecule has 1 fully saturated rings. The molecule has 4 aromatic rings. The van der Waals surface area contributed by atoms with Gasteiger partial charge in [0.05, 0.1) is 22.5 Å². The zero-order valence-corrected chi connectivity index (χ0v) is 17.4. The second-order valence-electron chi connectivity index (χ2n) is 8.29. The van der Waals surface area contributed by atoms with Crippen molar-refractivity contribution in [2.75, 3.05) is 13.1 Å². The Balaban J connectivity index is 1.44. The topological polar surface area (TPSA) is 69.2 Å². The predicted octanol–water partition coefficient (Wildman–Crippen LogP) is 5.43. The first-order chi connectivity index (χ1) is 15.8. The molecule has 2 N–H and O–H groups in total. The van der Waals surface area contributed by atoms with E-state index >= 15 is 0 Å². The number of H-pyrrole nitrogens is 1. The van der Waals surface area contributed by atoms with Gasteiger partial charge >= 0.3 is 12.1 Å². The molecule has 33 heavy (non-hydrogen) atoms. The van der Waals surface area contributed by atoms with Gasteiger partial charge in [0.25, 0.3) is 0 Å². The van der Waals surface area contributed by atoms with Crippen molar-refractivity contribution in [2.45, 2.75) is 12.7 Å². The minimum Gasteiger partial charge on any atom is -0.481 e. The van der Waals surface area contributed by atoms with Crippen molar-refractivity contribution >= 4 is 17.0 Å². The van der Waals surface area contributed by atoms with Gasteiger partial charge in [-0.05, 0) is 34.9 Å². The smallest absolute Gasteiger partial charge is 0.417 e. The summed E-state index contributed by atoms with van der Waals surface area (Å²) < 4.78 is 41.6. The lowest BCUT2D eigenvalue weighted by molar-refractivity contribution is -0.147. The third kappa shape index (κ3) is 4.21. The number of rotatable bonds is 5. The molecule has 5 rings (SSSR count). The van der Waals surface area contributed by atoms with Gasteiger partial charge in [0, 0.05) is 25.2 Å². The number of aromatic nitrogens is 2. The van der Waals surface area contributed by atoms with Crippen molar-refractivity contribution in [1.82, 2.24) is 14.9 Å². The van der Waals surface area contributed by atoms with Crippen LogP contribution in [0.3, 0.4) is 0 Å². The molecule has 0 bridgehead atoms. The molecular weight excluding hydrogens is 431 g/mol. The Morgan fingerprint density at radius 1 is 1.03 bits per heavy atom. The fourth-order valence-corrected chi connectivity index (χ4v) is 4.20. The van der Waals surface area contributed by atoms with Crippen LogP contribution >= 0.6 is 0 Å². The molecule has 3 aromatic carbocycles. The van der Waals surface area contributed by atoms with Crippen LogP contribution in [-0.4, -0.2) is 39.0 Å². The van der Waals surface area contributed by atoms with Crippen LogP contribution in [0.5, 0.6) is 0 Å². The van der Waals surface area contributed by atoms with Crippen molar-refractivity contribution in [3.05, 3.63) is 77.9 Å². The van der Waals surface area contributed by atoms with Crippen LogP contribution in [0.25, 0.3) is 33.5 Å². The predicted molar refractivity (Wildman–Crippen MR) is 118 cm³/mol. The number of carboxylic acid groups (broad SMARTS) is 1. The average Bonchev–Trinajstić information content (AvgIpc) is 3.19. The summed E-state index contributed by atoms with van der Waals surface area (Å²) in [5.41, 5.74) is 2.63. The lowest BCUT2D eigenvalue weighted by atomic mass is 9.97. The molecule has 0 unspecified atom stereocenters. The Labute approximate surface area is 187 Å². The molecule has 0 saturated carbocycles. The zero-order valence-electron chi connectivity index (χ0n) is 17.4. The highest BCUT2D eigenvalue weighted by atomic mass is 19.4. The number of carbonyl (C=O) groups is 1. The highest BCUT2D eigenvalue weighted by Crippen LogP contribution is 2.39. The highest BCUT2D eigenvalue weighted by molar-refractivity contribution is 5.81. The number of fused-ring (bicyclic) bond motifs is 1. The Hall–Kier alpha value is -3.65. The van der Waals surface area contributed by atoms with Crippen LogP contribution in [0.2, 0.25) is 0 Å². The third-order valence-corrected chi connectivity index (χ3v) is 5.94. The molecular formula is C25H20F3N3O2.